The van der Waals surface area contributed by atoms with E-state index in [0.717, 1.165) is 19.3 Å². The Morgan fingerprint density at radius 1 is 1.36 bits per heavy atom. The van der Waals surface area contributed by atoms with E-state index in [1.54, 1.807) is 11.8 Å². The molecule has 1 atom stereocenters. The van der Waals surface area contributed by atoms with Gasteiger partial charge in [0.1, 0.15) is 10.4 Å². The summed E-state index contributed by atoms with van der Waals surface area (Å²) < 4.78 is 0.651. The molecule has 0 unspecified atom stereocenters. The van der Waals surface area contributed by atoms with Crippen molar-refractivity contribution in [1.29, 1.82) is 0 Å². The van der Waals surface area contributed by atoms with Crippen LogP contribution in [0.2, 0.25) is 0 Å². The zero-order valence-electron chi connectivity index (χ0n) is 13.0. The van der Waals surface area contributed by atoms with Crippen LogP contribution in [0.15, 0.2) is 0 Å². The minimum absolute atomic E-state index is 0.0727. The van der Waals surface area contributed by atoms with Crippen LogP contribution < -0.4 is 10.6 Å². The van der Waals surface area contributed by atoms with Gasteiger partial charge in [-0.1, -0.05) is 30.4 Å². The Morgan fingerprint density at radius 3 is 2.68 bits per heavy atom. The third kappa shape index (κ3) is 6.31. The first-order valence-electron chi connectivity index (χ1n) is 7.50. The first-order valence-corrected chi connectivity index (χ1v) is 8.89. The minimum atomic E-state index is -0.510. The number of unbranched alkanes of at least 4 members (excludes halogenated alkanes) is 2. The van der Waals surface area contributed by atoms with Crippen LogP contribution in [0.1, 0.15) is 39.5 Å². The van der Waals surface area contributed by atoms with Crippen molar-refractivity contribution in [2.24, 2.45) is 0 Å². The molecule has 3 amide bonds. The van der Waals surface area contributed by atoms with Crippen molar-refractivity contribution < 1.29 is 14.4 Å². The lowest BCUT2D eigenvalue weighted by Gasteiger charge is -2.15. The molecule has 1 saturated heterocycles. The number of hydrogen-bond donors (Lipinski definition) is 2. The van der Waals surface area contributed by atoms with Gasteiger partial charge in [0.2, 0.25) is 17.7 Å². The molecule has 0 bridgehead atoms. The van der Waals surface area contributed by atoms with Crippen LogP contribution in [0, 0.1) is 0 Å². The average molecular weight is 345 g/mol. The van der Waals surface area contributed by atoms with Crippen LogP contribution in [0.3, 0.4) is 0 Å². The highest BCUT2D eigenvalue weighted by molar-refractivity contribution is 8.23. The molecular weight excluding hydrogens is 322 g/mol. The highest BCUT2D eigenvalue weighted by Crippen LogP contribution is 2.19. The molecule has 0 aliphatic carbocycles. The molecule has 2 N–H and O–H groups in total. The molecule has 1 aliphatic heterocycles. The molecule has 0 aromatic heterocycles. The van der Waals surface area contributed by atoms with Crippen LogP contribution >= 0.6 is 24.0 Å². The highest BCUT2D eigenvalue weighted by Gasteiger charge is 2.25. The lowest BCUT2D eigenvalue weighted by Crippen LogP contribution is -2.44. The molecule has 6 nitrogen and oxygen atoms in total. The largest absolute Gasteiger partial charge is 0.355 e. The van der Waals surface area contributed by atoms with Crippen molar-refractivity contribution in [1.82, 2.24) is 15.5 Å². The Balaban J connectivity index is 2.11. The van der Waals surface area contributed by atoms with E-state index in [-0.39, 0.29) is 17.7 Å². The SMILES string of the molecule is CCNC(=O)[C@@H](C)NC(=O)CCCCCN1C(=O)CSC1=S. The van der Waals surface area contributed by atoms with Gasteiger partial charge in [-0.3, -0.25) is 19.3 Å². The van der Waals surface area contributed by atoms with Crippen molar-refractivity contribution in [3.05, 3.63) is 0 Å². The van der Waals surface area contributed by atoms with E-state index in [1.807, 2.05) is 6.92 Å². The highest BCUT2D eigenvalue weighted by atomic mass is 32.2. The predicted molar refractivity (Wildman–Crippen MR) is 91.5 cm³/mol. The lowest BCUT2D eigenvalue weighted by molar-refractivity contribution is -0.128. The number of nitrogens with zero attached hydrogens (tertiary/aromatic N) is 1. The van der Waals surface area contributed by atoms with Crippen LogP contribution in [-0.4, -0.2) is 51.8 Å². The maximum absolute atomic E-state index is 11.7. The fraction of sp³-hybridized carbons (Fsp3) is 0.714. The molecule has 124 valence electrons. The fourth-order valence-corrected chi connectivity index (χ4v) is 3.16. The number of amides is 3. The maximum atomic E-state index is 11.7. The summed E-state index contributed by atoms with van der Waals surface area (Å²) >= 11 is 6.50. The number of rotatable bonds is 9. The fourth-order valence-electron chi connectivity index (χ4n) is 2.04. The molecule has 1 aliphatic rings. The van der Waals surface area contributed by atoms with Gasteiger partial charge in [-0.05, 0) is 26.7 Å². The summed E-state index contributed by atoms with van der Waals surface area (Å²) in [6, 6.07) is -0.510. The van der Waals surface area contributed by atoms with Gasteiger partial charge in [0.25, 0.3) is 0 Å². The number of carbonyl (C=O) groups is 3. The second kappa shape index (κ2) is 9.78. The lowest BCUT2D eigenvalue weighted by atomic mass is 10.1. The van der Waals surface area contributed by atoms with Gasteiger partial charge in [0.15, 0.2) is 0 Å². The quantitative estimate of drug-likeness (QED) is 0.482. The molecule has 0 spiro atoms. The van der Waals surface area contributed by atoms with Gasteiger partial charge in [0.05, 0.1) is 5.75 Å². The standard InChI is InChI=1S/C14H23N3O3S2/c1-3-15-13(20)10(2)16-11(18)7-5-4-6-8-17-12(19)9-22-14(17)21/h10H,3-9H2,1-2H3,(H,15,20)(H,16,18)/t10-/m1/s1. The normalized spacial score (nSPS) is 15.8. The summed E-state index contributed by atoms with van der Waals surface area (Å²) in [5.74, 6) is 0.221. The molecule has 0 radical (unpaired) electrons. The van der Waals surface area contributed by atoms with Crippen molar-refractivity contribution >= 4 is 46.0 Å². The number of hydrogen-bond acceptors (Lipinski definition) is 5. The van der Waals surface area contributed by atoms with E-state index in [2.05, 4.69) is 10.6 Å². The Hall–Kier alpha value is -1.15. The number of likely N-dealkylation sites (N-methyl/N-ethyl adjacent to an activating group) is 1. The summed E-state index contributed by atoms with van der Waals surface area (Å²) in [5, 5.41) is 5.33. The summed E-state index contributed by atoms with van der Waals surface area (Å²) in [5.41, 5.74) is 0. The third-order valence-electron chi connectivity index (χ3n) is 3.25. The molecule has 1 heterocycles. The molecule has 0 aromatic rings. The number of nitrogens with one attached hydrogen (secondary N) is 2. The van der Waals surface area contributed by atoms with Gasteiger partial charge >= 0.3 is 0 Å². The van der Waals surface area contributed by atoms with Crippen LogP contribution in [0.25, 0.3) is 0 Å². The van der Waals surface area contributed by atoms with Gasteiger partial charge in [-0.25, -0.2) is 0 Å². The molecule has 1 rings (SSSR count). The molecule has 0 saturated carbocycles. The van der Waals surface area contributed by atoms with E-state index in [1.165, 1.54) is 11.8 Å². The Kier molecular flexibility index (Phi) is 8.40. The molecule has 0 aromatic carbocycles. The maximum Gasteiger partial charge on any atom is 0.242 e. The number of thiocarbonyl (C=S) groups is 1. The zero-order valence-corrected chi connectivity index (χ0v) is 14.6. The molecule has 1 fully saturated rings. The second-order valence-corrected chi connectivity index (χ2v) is 6.70. The van der Waals surface area contributed by atoms with Crippen molar-refractivity contribution in [3.63, 3.8) is 0 Å². The monoisotopic (exact) mass is 345 g/mol. The topological polar surface area (TPSA) is 78.5 Å². The second-order valence-electron chi connectivity index (χ2n) is 5.09. The summed E-state index contributed by atoms with van der Waals surface area (Å²) in [6.45, 7) is 4.68. The van der Waals surface area contributed by atoms with Crippen molar-refractivity contribution in [2.75, 3.05) is 18.8 Å². The minimum Gasteiger partial charge on any atom is -0.355 e. The van der Waals surface area contributed by atoms with Gasteiger partial charge < -0.3 is 10.6 Å². The zero-order chi connectivity index (χ0) is 16.5. The van der Waals surface area contributed by atoms with E-state index in [9.17, 15) is 14.4 Å². The summed E-state index contributed by atoms with van der Waals surface area (Å²) in [6.07, 6.45) is 2.79. The Labute approximate surface area is 140 Å². The summed E-state index contributed by atoms with van der Waals surface area (Å²) in [7, 11) is 0. The third-order valence-corrected chi connectivity index (χ3v) is 4.68. The van der Waals surface area contributed by atoms with Gasteiger partial charge in [-0.15, -0.1) is 0 Å². The number of thioether (sulfide) groups is 1. The van der Waals surface area contributed by atoms with E-state index in [4.69, 9.17) is 12.2 Å². The smallest absolute Gasteiger partial charge is 0.242 e. The van der Waals surface area contributed by atoms with Crippen LogP contribution in [0.4, 0.5) is 0 Å². The average Bonchev–Trinajstić information content (AvgIpc) is 2.78. The molecule has 22 heavy (non-hydrogen) atoms. The van der Waals surface area contributed by atoms with Crippen LogP contribution in [0.5, 0.6) is 0 Å². The Bertz CT molecular complexity index is 427. The van der Waals surface area contributed by atoms with E-state index in [0.29, 0.717) is 29.6 Å². The summed E-state index contributed by atoms with van der Waals surface area (Å²) in [4.78, 5) is 36.3. The van der Waals surface area contributed by atoms with E-state index >= 15 is 0 Å². The first-order chi connectivity index (χ1) is 10.5. The van der Waals surface area contributed by atoms with Gasteiger partial charge in [0, 0.05) is 19.5 Å². The molecule has 8 heteroatoms. The van der Waals surface area contributed by atoms with Crippen molar-refractivity contribution in [3.8, 4) is 0 Å². The van der Waals surface area contributed by atoms with E-state index < -0.39 is 6.04 Å². The first kappa shape index (κ1) is 18.9. The Morgan fingerprint density at radius 2 is 2.09 bits per heavy atom. The van der Waals surface area contributed by atoms with Crippen molar-refractivity contribution in [2.45, 2.75) is 45.6 Å². The number of carbonyl (C=O) groups excluding carboxylic acids is 3. The molecular formula is C14H23N3O3S2. The van der Waals surface area contributed by atoms with Crippen LogP contribution in [-0.2, 0) is 14.4 Å². The van der Waals surface area contributed by atoms with Gasteiger partial charge in [-0.2, -0.15) is 0 Å². The predicted octanol–water partition coefficient (Wildman–Crippen LogP) is 1.05.